The first kappa shape index (κ1) is 12.5. The van der Waals surface area contributed by atoms with Crippen LogP contribution in [-0.2, 0) is 6.42 Å². The first-order valence-electron chi connectivity index (χ1n) is 6.65. The Morgan fingerprint density at radius 2 is 2.47 bits per heavy atom. The standard InChI is InChI=1S/C12H23N5/c1-10(8-11-4-2-3-6-14-11)13-7-5-12-15-9-16-17-12/h9-11,13-14H,2-8H2,1H3,(H,15,16,17). The van der Waals surface area contributed by atoms with E-state index in [9.17, 15) is 0 Å². The SMILES string of the molecule is CC(CC1CCCCN1)NCCc1ncn[nH]1. The number of nitrogens with one attached hydrogen (secondary N) is 3. The van der Waals surface area contributed by atoms with Gasteiger partial charge in [-0.3, -0.25) is 5.10 Å². The number of rotatable bonds is 6. The van der Waals surface area contributed by atoms with Gasteiger partial charge in [-0.05, 0) is 32.7 Å². The zero-order valence-electron chi connectivity index (χ0n) is 10.6. The quantitative estimate of drug-likeness (QED) is 0.686. The zero-order valence-corrected chi connectivity index (χ0v) is 10.6. The van der Waals surface area contributed by atoms with Crippen LogP contribution in [0.25, 0.3) is 0 Å². The molecular weight excluding hydrogens is 214 g/mol. The Morgan fingerprint density at radius 1 is 1.53 bits per heavy atom. The molecule has 1 fully saturated rings. The van der Waals surface area contributed by atoms with E-state index in [1.54, 1.807) is 6.33 Å². The van der Waals surface area contributed by atoms with Crippen molar-refractivity contribution in [3.63, 3.8) is 0 Å². The summed E-state index contributed by atoms with van der Waals surface area (Å²) in [6.45, 7) is 4.41. The van der Waals surface area contributed by atoms with E-state index < -0.39 is 0 Å². The van der Waals surface area contributed by atoms with Crippen LogP contribution < -0.4 is 10.6 Å². The summed E-state index contributed by atoms with van der Waals surface area (Å²) in [5.74, 6) is 0.959. The summed E-state index contributed by atoms with van der Waals surface area (Å²) in [6.07, 6.45) is 7.74. The van der Waals surface area contributed by atoms with Gasteiger partial charge in [-0.1, -0.05) is 6.42 Å². The van der Waals surface area contributed by atoms with E-state index in [0.717, 1.165) is 18.8 Å². The Hall–Kier alpha value is -0.940. The van der Waals surface area contributed by atoms with Crippen LogP contribution in [0.4, 0.5) is 0 Å². The number of nitrogens with zero attached hydrogens (tertiary/aromatic N) is 2. The fourth-order valence-corrected chi connectivity index (χ4v) is 2.42. The summed E-state index contributed by atoms with van der Waals surface area (Å²) < 4.78 is 0. The van der Waals surface area contributed by atoms with E-state index in [1.807, 2.05) is 0 Å². The molecule has 1 aliphatic heterocycles. The fourth-order valence-electron chi connectivity index (χ4n) is 2.42. The van der Waals surface area contributed by atoms with Gasteiger partial charge in [-0.2, -0.15) is 5.10 Å². The summed E-state index contributed by atoms with van der Waals surface area (Å²) in [4.78, 5) is 4.11. The molecule has 2 rings (SSSR count). The number of H-pyrrole nitrogens is 1. The van der Waals surface area contributed by atoms with Gasteiger partial charge >= 0.3 is 0 Å². The molecule has 0 bridgehead atoms. The predicted octanol–water partition coefficient (Wildman–Crippen LogP) is 0.857. The van der Waals surface area contributed by atoms with Crippen molar-refractivity contribution in [2.75, 3.05) is 13.1 Å². The van der Waals surface area contributed by atoms with Crippen LogP contribution in [0.2, 0.25) is 0 Å². The second kappa shape index (κ2) is 6.71. The molecule has 0 aliphatic carbocycles. The molecule has 3 N–H and O–H groups in total. The average Bonchev–Trinajstić information content (AvgIpc) is 2.83. The van der Waals surface area contributed by atoms with Crippen molar-refractivity contribution >= 4 is 0 Å². The Bertz CT molecular complexity index is 292. The van der Waals surface area contributed by atoms with E-state index in [0.29, 0.717) is 12.1 Å². The molecule has 1 aromatic rings. The largest absolute Gasteiger partial charge is 0.314 e. The molecule has 96 valence electrons. The van der Waals surface area contributed by atoms with E-state index in [4.69, 9.17) is 0 Å². The van der Waals surface area contributed by atoms with E-state index in [-0.39, 0.29) is 0 Å². The molecule has 2 heterocycles. The normalized spacial score (nSPS) is 22.5. The van der Waals surface area contributed by atoms with Crippen LogP contribution in [0.15, 0.2) is 6.33 Å². The maximum atomic E-state index is 4.11. The Labute approximate surface area is 103 Å². The topological polar surface area (TPSA) is 65.6 Å². The summed E-state index contributed by atoms with van der Waals surface area (Å²) in [7, 11) is 0. The van der Waals surface area contributed by atoms with Crippen LogP contribution in [0.3, 0.4) is 0 Å². The Balaban J connectivity index is 1.58. The average molecular weight is 237 g/mol. The van der Waals surface area contributed by atoms with Crippen LogP contribution in [0.5, 0.6) is 0 Å². The van der Waals surface area contributed by atoms with Gasteiger partial charge in [0.25, 0.3) is 0 Å². The van der Waals surface area contributed by atoms with Gasteiger partial charge in [0.05, 0.1) is 0 Å². The predicted molar refractivity (Wildman–Crippen MR) is 67.8 cm³/mol. The van der Waals surface area contributed by atoms with Crippen LogP contribution in [0, 0.1) is 0 Å². The van der Waals surface area contributed by atoms with Crippen molar-refractivity contribution in [3.05, 3.63) is 12.2 Å². The molecular formula is C12H23N5. The molecule has 0 aromatic carbocycles. The van der Waals surface area contributed by atoms with Gasteiger partial charge in [0.2, 0.25) is 0 Å². The molecule has 0 saturated carbocycles. The lowest BCUT2D eigenvalue weighted by molar-refractivity contribution is 0.345. The molecule has 0 radical (unpaired) electrons. The van der Waals surface area contributed by atoms with Crippen molar-refractivity contribution in [2.45, 2.75) is 51.1 Å². The number of hydrogen-bond donors (Lipinski definition) is 3. The first-order chi connectivity index (χ1) is 8.34. The molecule has 1 aliphatic rings. The third-order valence-electron chi connectivity index (χ3n) is 3.37. The minimum Gasteiger partial charge on any atom is -0.314 e. The lowest BCUT2D eigenvalue weighted by atomic mass is 9.99. The Kier molecular flexibility index (Phi) is 4.94. The second-order valence-electron chi connectivity index (χ2n) is 4.92. The van der Waals surface area contributed by atoms with Crippen molar-refractivity contribution in [1.29, 1.82) is 0 Å². The van der Waals surface area contributed by atoms with Crippen molar-refractivity contribution < 1.29 is 0 Å². The monoisotopic (exact) mass is 237 g/mol. The van der Waals surface area contributed by atoms with Crippen LogP contribution in [-0.4, -0.2) is 40.4 Å². The maximum absolute atomic E-state index is 4.11. The van der Waals surface area contributed by atoms with Gasteiger partial charge in [-0.25, -0.2) is 4.98 Å². The van der Waals surface area contributed by atoms with Gasteiger partial charge in [0.1, 0.15) is 12.2 Å². The number of aromatic nitrogens is 3. The minimum atomic E-state index is 0.563. The maximum Gasteiger partial charge on any atom is 0.137 e. The number of hydrogen-bond acceptors (Lipinski definition) is 4. The van der Waals surface area contributed by atoms with Gasteiger partial charge < -0.3 is 10.6 Å². The van der Waals surface area contributed by atoms with Gasteiger partial charge in [0, 0.05) is 25.0 Å². The van der Waals surface area contributed by atoms with Crippen molar-refractivity contribution in [2.24, 2.45) is 0 Å². The minimum absolute atomic E-state index is 0.563. The fraction of sp³-hybridized carbons (Fsp3) is 0.833. The molecule has 0 spiro atoms. The molecule has 1 aromatic heterocycles. The van der Waals surface area contributed by atoms with Crippen LogP contribution in [0.1, 0.15) is 38.4 Å². The molecule has 2 unspecified atom stereocenters. The summed E-state index contributed by atoms with van der Waals surface area (Å²) in [5.41, 5.74) is 0. The van der Waals surface area contributed by atoms with E-state index >= 15 is 0 Å². The van der Waals surface area contributed by atoms with E-state index in [1.165, 1.54) is 32.2 Å². The van der Waals surface area contributed by atoms with Gasteiger partial charge in [-0.15, -0.1) is 0 Å². The lowest BCUT2D eigenvalue weighted by Gasteiger charge is -2.26. The highest BCUT2D eigenvalue weighted by Gasteiger charge is 2.15. The highest BCUT2D eigenvalue weighted by Crippen LogP contribution is 2.11. The number of piperidine rings is 1. The van der Waals surface area contributed by atoms with E-state index in [2.05, 4.69) is 32.7 Å². The molecule has 0 amide bonds. The zero-order chi connectivity index (χ0) is 11.9. The van der Waals surface area contributed by atoms with Crippen molar-refractivity contribution in [1.82, 2.24) is 25.8 Å². The second-order valence-corrected chi connectivity index (χ2v) is 4.92. The molecule has 5 nitrogen and oxygen atoms in total. The number of aromatic amines is 1. The first-order valence-corrected chi connectivity index (χ1v) is 6.65. The summed E-state index contributed by atoms with van der Waals surface area (Å²) in [5, 5.41) is 13.8. The summed E-state index contributed by atoms with van der Waals surface area (Å²) >= 11 is 0. The molecule has 1 saturated heterocycles. The third kappa shape index (κ3) is 4.44. The highest BCUT2D eigenvalue weighted by atomic mass is 15.2. The molecule has 2 atom stereocenters. The summed E-state index contributed by atoms with van der Waals surface area (Å²) in [6, 6.07) is 1.27. The third-order valence-corrected chi connectivity index (χ3v) is 3.37. The molecule has 5 heteroatoms. The van der Waals surface area contributed by atoms with Gasteiger partial charge in [0.15, 0.2) is 0 Å². The lowest BCUT2D eigenvalue weighted by Crippen LogP contribution is -2.40. The smallest absolute Gasteiger partial charge is 0.137 e. The molecule has 17 heavy (non-hydrogen) atoms. The Morgan fingerprint density at radius 3 is 3.18 bits per heavy atom. The highest BCUT2D eigenvalue weighted by molar-refractivity contribution is 4.82. The van der Waals surface area contributed by atoms with Crippen LogP contribution >= 0.6 is 0 Å². The van der Waals surface area contributed by atoms with Crippen molar-refractivity contribution in [3.8, 4) is 0 Å².